The lowest BCUT2D eigenvalue weighted by molar-refractivity contribution is -0.161. The number of aliphatic hydroxyl groups is 2. The Morgan fingerprint density at radius 1 is 0.276 bits per heavy atom. The van der Waals surface area contributed by atoms with E-state index >= 15 is 0 Å². The Morgan fingerprint density at radius 3 is 0.857 bits per heavy atom. The molecule has 0 aromatic rings. The van der Waals surface area contributed by atoms with E-state index in [0.717, 1.165) is 128 Å². The van der Waals surface area contributed by atoms with Crippen LogP contribution >= 0.6 is 15.6 Å². The molecule has 105 heavy (non-hydrogen) atoms. The van der Waals surface area contributed by atoms with Gasteiger partial charge in [0.25, 0.3) is 0 Å². The molecule has 0 aromatic heterocycles. The van der Waals surface area contributed by atoms with Crippen molar-refractivity contribution < 1.29 is 75.8 Å². The number of aliphatic hydroxyl groups excluding tert-OH is 2. The normalized spacial score (nSPS) is 14.8. The molecule has 600 valence electrons. The zero-order valence-corrected chi connectivity index (χ0v) is 67.4. The Labute approximate surface area is 638 Å². The van der Waals surface area contributed by atoms with Gasteiger partial charge in [0, 0.05) is 19.3 Å². The van der Waals surface area contributed by atoms with Crippen molar-refractivity contribution in [3.63, 3.8) is 0 Å². The van der Waals surface area contributed by atoms with Crippen LogP contribution in [0, 0.1) is 0 Å². The third-order valence-electron chi connectivity index (χ3n) is 16.7. The molecule has 0 bridgehead atoms. The lowest BCUT2D eigenvalue weighted by atomic mass is 10.0. The van der Waals surface area contributed by atoms with E-state index in [2.05, 4.69) is 161 Å². The van der Waals surface area contributed by atoms with Gasteiger partial charge in [0.05, 0.1) is 26.4 Å². The van der Waals surface area contributed by atoms with Gasteiger partial charge in [-0.25, -0.2) is 9.13 Å². The number of unbranched alkanes of at least 4 members (excludes halogenated alkanes) is 27. The van der Waals surface area contributed by atoms with E-state index < -0.39 is 91.5 Å². The first-order chi connectivity index (χ1) is 51.2. The maximum Gasteiger partial charge on any atom is 0.472 e. The summed E-state index contributed by atoms with van der Waals surface area (Å²) < 4.78 is 61.1. The highest BCUT2D eigenvalue weighted by Gasteiger charge is 2.29. The van der Waals surface area contributed by atoms with Crippen LogP contribution in [0.3, 0.4) is 0 Å². The molecule has 0 radical (unpaired) electrons. The maximum absolute atomic E-state index is 13.0. The molecule has 0 aromatic carbocycles. The Balaban J connectivity index is 4.59. The minimum Gasteiger partial charge on any atom is -0.463 e. The number of carbonyl (C=O) groups excluding carboxylic acids is 3. The van der Waals surface area contributed by atoms with E-state index in [-0.39, 0.29) is 19.3 Å². The van der Waals surface area contributed by atoms with Crippen LogP contribution in [0.5, 0.6) is 0 Å². The molecule has 5 atom stereocenters. The van der Waals surface area contributed by atoms with Crippen LogP contribution in [-0.2, 0) is 55.8 Å². The Bertz CT molecular complexity index is 2540. The topological polar surface area (TPSA) is 231 Å². The minimum absolute atomic E-state index is 0.0374. The van der Waals surface area contributed by atoms with Gasteiger partial charge in [0.1, 0.15) is 25.4 Å². The first-order valence-electron chi connectivity index (χ1n) is 40.8. The fourth-order valence-electron chi connectivity index (χ4n) is 10.5. The largest absolute Gasteiger partial charge is 0.472 e. The Morgan fingerprint density at radius 2 is 0.524 bits per heavy atom. The smallest absolute Gasteiger partial charge is 0.463 e. The zero-order valence-electron chi connectivity index (χ0n) is 65.6. The van der Waals surface area contributed by atoms with E-state index in [1.807, 2.05) is 18.2 Å². The van der Waals surface area contributed by atoms with Gasteiger partial charge in [-0.3, -0.25) is 32.5 Å². The highest BCUT2D eigenvalue weighted by Crippen LogP contribution is 2.45. The third kappa shape index (κ3) is 80.0. The summed E-state index contributed by atoms with van der Waals surface area (Å²) in [5.41, 5.74) is 0. The monoisotopic (exact) mass is 1510 g/mol. The molecule has 0 rings (SSSR count). The minimum atomic E-state index is -4.96. The number of phosphoric ester groups is 2. The summed E-state index contributed by atoms with van der Waals surface area (Å²) in [4.78, 5) is 58.7. The van der Waals surface area contributed by atoms with Gasteiger partial charge in [-0.15, -0.1) is 0 Å². The summed E-state index contributed by atoms with van der Waals surface area (Å²) in [6.07, 6.45) is 98.8. The van der Waals surface area contributed by atoms with Crippen LogP contribution in [0.4, 0.5) is 0 Å². The average Bonchev–Trinajstić information content (AvgIpc) is 0.915. The molecule has 0 aliphatic heterocycles. The highest BCUT2D eigenvalue weighted by atomic mass is 31.2. The van der Waals surface area contributed by atoms with Crippen molar-refractivity contribution in [2.24, 2.45) is 0 Å². The summed E-state index contributed by atoms with van der Waals surface area (Å²) in [5, 5.41) is 20.7. The van der Waals surface area contributed by atoms with Gasteiger partial charge in [0.2, 0.25) is 0 Å². The van der Waals surface area contributed by atoms with E-state index in [4.69, 9.17) is 32.3 Å². The van der Waals surface area contributed by atoms with Crippen molar-refractivity contribution in [2.45, 2.75) is 334 Å². The molecular weight excluding hydrogens is 1360 g/mol. The number of hydrogen-bond acceptors (Lipinski definition) is 14. The second kappa shape index (κ2) is 78.7. The number of hydrogen-bond donors (Lipinski definition) is 4. The average molecular weight is 1510 g/mol. The summed E-state index contributed by atoms with van der Waals surface area (Å²) in [6, 6.07) is 0. The van der Waals surface area contributed by atoms with Crippen molar-refractivity contribution in [1.29, 1.82) is 0 Å². The summed E-state index contributed by atoms with van der Waals surface area (Å²) >= 11 is 0. The van der Waals surface area contributed by atoms with E-state index in [1.54, 1.807) is 0 Å². The molecule has 0 fully saturated rings. The SMILES string of the molecule is CC/C=C\C/C=C\C/C=C\C/C=C\C/C=C\C/C=C\CCC(=O)OCC(COP(=O)(O)OCC(O)COP(=O)(O)OCC(O)COC(=O)CCCCCCCCCCCCCCCCC/C=C\C/C=C\C/C=C\C/C=C\CCCCC)OC(=O)CCCCCCCC/C=C\C/C=C\C/C=C\CCCCC. The van der Waals surface area contributed by atoms with Crippen LogP contribution in [0.15, 0.2) is 158 Å². The summed E-state index contributed by atoms with van der Waals surface area (Å²) in [7, 11) is -9.83. The van der Waals surface area contributed by atoms with Crippen LogP contribution in [0.1, 0.15) is 316 Å². The van der Waals surface area contributed by atoms with Crippen LogP contribution in [-0.4, -0.2) is 95.9 Å². The molecule has 0 saturated carbocycles. The number of phosphoric acid groups is 2. The number of ether oxygens (including phenoxy) is 3. The number of rotatable bonds is 76. The molecule has 0 saturated heterocycles. The maximum atomic E-state index is 13.0. The van der Waals surface area contributed by atoms with E-state index in [0.29, 0.717) is 25.7 Å². The molecule has 0 heterocycles. The molecule has 4 N–H and O–H groups in total. The molecule has 0 aliphatic rings. The van der Waals surface area contributed by atoms with Gasteiger partial charge >= 0.3 is 33.6 Å². The number of esters is 3. The fraction of sp³-hybridized carbons (Fsp3) is 0.667. The van der Waals surface area contributed by atoms with Crippen molar-refractivity contribution in [3.8, 4) is 0 Å². The van der Waals surface area contributed by atoms with E-state index in [1.165, 1.54) is 122 Å². The molecule has 16 nitrogen and oxygen atoms in total. The molecular formula is C87H146O16P2. The third-order valence-corrected chi connectivity index (χ3v) is 18.6. The summed E-state index contributed by atoms with van der Waals surface area (Å²) in [5.74, 6) is -1.69. The zero-order chi connectivity index (χ0) is 76.6. The fourth-order valence-corrected chi connectivity index (χ4v) is 12.1. The second-order valence-electron chi connectivity index (χ2n) is 26.8. The number of carbonyl (C=O) groups is 3. The predicted molar refractivity (Wildman–Crippen MR) is 435 cm³/mol. The molecule has 5 unspecified atom stereocenters. The first kappa shape index (κ1) is 100. The van der Waals surface area contributed by atoms with Gasteiger partial charge < -0.3 is 34.2 Å². The number of allylic oxidation sites excluding steroid dienone is 26. The van der Waals surface area contributed by atoms with E-state index in [9.17, 15) is 43.5 Å². The van der Waals surface area contributed by atoms with Gasteiger partial charge in [-0.1, -0.05) is 314 Å². The van der Waals surface area contributed by atoms with Gasteiger partial charge in [0.15, 0.2) is 6.10 Å². The van der Waals surface area contributed by atoms with Crippen molar-refractivity contribution in [3.05, 3.63) is 158 Å². The lowest BCUT2D eigenvalue weighted by Crippen LogP contribution is -2.30. The predicted octanol–water partition coefficient (Wildman–Crippen LogP) is 24.2. The standard InChI is InChI=1S/C87H146O16P2/c1-4-7-10-13-16-19-22-25-28-31-34-35-36-37-38-39-40-41-42-43-44-45-48-50-52-55-58-61-64-67-70-73-85(90)97-76-82(88)77-99-104(93,94)100-78-83(89)79-101-105(95,96)102-81-84(103-87(92)75-72-69-66-63-60-57-54-51-47-33-30-27-24-21-18-15-12-9-6-3)80-98-86(91)74-71-68-65-62-59-56-53-49-46-32-29-26-23-20-17-14-11-8-5-2/h8,11,16-21,25-30,34-35,37-38,46-47,49,51,56,59,65,68,82-84,88-89H,4-7,9-10,12-15,22-24,31-33,36,39-45,48,50,52-55,57-58,60-64,66-67,69-81H2,1-3H3,(H,93,94)(H,95,96)/b11-8-,19-16-,20-17-,21-18-,28-25-,29-26-,30-27-,35-34-,38-37-,49-46-,51-47-,59-56-,68-65-. The molecule has 0 aliphatic carbocycles. The molecule has 0 amide bonds. The van der Waals surface area contributed by atoms with Crippen LogP contribution in [0.2, 0.25) is 0 Å². The summed E-state index contributed by atoms with van der Waals surface area (Å²) in [6.45, 7) is 2.41. The van der Waals surface area contributed by atoms with Crippen LogP contribution < -0.4 is 0 Å². The van der Waals surface area contributed by atoms with Gasteiger partial charge in [-0.05, 0) is 141 Å². The van der Waals surface area contributed by atoms with Crippen molar-refractivity contribution in [1.82, 2.24) is 0 Å². The molecule has 0 spiro atoms. The van der Waals surface area contributed by atoms with Crippen molar-refractivity contribution >= 4 is 33.6 Å². The molecule has 18 heteroatoms. The van der Waals surface area contributed by atoms with Crippen molar-refractivity contribution in [2.75, 3.05) is 39.6 Å². The first-order valence-corrected chi connectivity index (χ1v) is 43.8. The Hall–Kier alpha value is -4.83. The highest BCUT2D eigenvalue weighted by molar-refractivity contribution is 7.47. The van der Waals surface area contributed by atoms with Gasteiger partial charge in [-0.2, -0.15) is 0 Å². The quantitative estimate of drug-likeness (QED) is 0.0146. The lowest BCUT2D eigenvalue weighted by Gasteiger charge is -2.21. The second-order valence-corrected chi connectivity index (χ2v) is 29.7. The van der Waals surface area contributed by atoms with Crippen LogP contribution in [0.25, 0.3) is 0 Å². The Kier molecular flexibility index (Phi) is 75.1.